The molecule has 0 aliphatic heterocycles. The molecule has 7 heteroatoms. The Hall–Kier alpha value is -1.99. The van der Waals surface area contributed by atoms with E-state index in [1.807, 2.05) is 19.1 Å². The second-order valence-corrected chi connectivity index (χ2v) is 5.20. The molecule has 2 N–H and O–H groups in total. The third-order valence-electron chi connectivity index (χ3n) is 3.09. The lowest BCUT2D eigenvalue weighted by Crippen LogP contribution is -2.31. The van der Waals surface area contributed by atoms with Gasteiger partial charge in [-0.2, -0.15) is 5.10 Å². The maximum Gasteiger partial charge on any atom is 0.172 e. The van der Waals surface area contributed by atoms with Crippen molar-refractivity contribution >= 4 is 23.1 Å². The van der Waals surface area contributed by atoms with Crippen molar-refractivity contribution < 1.29 is 9.13 Å². The lowest BCUT2D eigenvalue weighted by atomic mass is 10.2. The van der Waals surface area contributed by atoms with E-state index in [9.17, 15) is 4.39 Å². The van der Waals surface area contributed by atoms with Crippen molar-refractivity contribution in [3.05, 3.63) is 47.4 Å². The first-order valence-corrected chi connectivity index (χ1v) is 7.32. The number of aryl methyl sites for hydroxylation is 1. The van der Waals surface area contributed by atoms with Crippen molar-refractivity contribution in [1.29, 1.82) is 0 Å². The Kier molecular flexibility index (Phi) is 5.85. The second kappa shape index (κ2) is 7.86. The van der Waals surface area contributed by atoms with Crippen LogP contribution in [-0.4, -0.2) is 35.2 Å². The van der Waals surface area contributed by atoms with E-state index in [-0.39, 0.29) is 5.82 Å². The molecule has 0 spiro atoms. The predicted molar refractivity (Wildman–Crippen MR) is 88.6 cm³/mol. The maximum absolute atomic E-state index is 13.7. The summed E-state index contributed by atoms with van der Waals surface area (Å²) < 4.78 is 20.4. The lowest BCUT2D eigenvalue weighted by Gasteiger charge is -2.08. The Balaban J connectivity index is 1.99. The molecule has 118 valence electrons. The zero-order valence-corrected chi connectivity index (χ0v) is 13.4. The number of halogens is 1. The fraction of sp³-hybridized carbons (Fsp3) is 0.333. The average molecular weight is 322 g/mol. The first-order valence-electron chi connectivity index (χ1n) is 6.92. The normalized spacial score (nSPS) is 10.5. The van der Waals surface area contributed by atoms with Gasteiger partial charge in [-0.25, -0.2) is 4.39 Å². The molecule has 0 saturated carbocycles. The monoisotopic (exact) mass is 322 g/mol. The molecule has 1 aromatic heterocycles. The summed E-state index contributed by atoms with van der Waals surface area (Å²) in [5, 5.41) is 10.9. The van der Waals surface area contributed by atoms with Crippen LogP contribution >= 0.6 is 12.2 Å². The number of benzene rings is 1. The van der Waals surface area contributed by atoms with Gasteiger partial charge in [0.25, 0.3) is 0 Å². The summed E-state index contributed by atoms with van der Waals surface area (Å²) in [6, 6.07) is 8.55. The van der Waals surface area contributed by atoms with Crippen LogP contribution in [0, 0.1) is 12.7 Å². The second-order valence-electron chi connectivity index (χ2n) is 4.79. The first-order chi connectivity index (χ1) is 10.6. The van der Waals surface area contributed by atoms with Gasteiger partial charge in [-0.3, -0.25) is 4.68 Å². The fourth-order valence-electron chi connectivity index (χ4n) is 1.95. The van der Waals surface area contributed by atoms with Crippen LogP contribution in [0.2, 0.25) is 0 Å². The molecule has 5 nitrogen and oxygen atoms in total. The summed E-state index contributed by atoms with van der Waals surface area (Å²) in [6.45, 7) is 3.49. The van der Waals surface area contributed by atoms with E-state index in [4.69, 9.17) is 17.0 Å². The van der Waals surface area contributed by atoms with Gasteiger partial charge < -0.3 is 15.4 Å². The summed E-state index contributed by atoms with van der Waals surface area (Å²) in [5.74, 6) is 0.396. The molecule has 0 fully saturated rings. The third kappa shape index (κ3) is 4.51. The minimum absolute atomic E-state index is 0.233. The zero-order chi connectivity index (χ0) is 15.9. The Morgan fingerprint density at radius 2 is 2.18 bits per heavy atom. The van der Waals surface area contributed by atoms with Crippen LogP contribution in [0.5, 0.6) is 0 Å². The molecule has 2 aromatic rings. The lowest BCUT2D eigenvalue weighted by molar-refractivity contribution is 0.204. The van der Waals surface area contributed by atoms with Crippen molar-refractivity contribution in [2.45, 2.75) is 13.5 Å². The van der Waals surface area contributed by atoms with E-state index < -0.39 is 0 Å². The van der Waals surface area contributed by atoms with Crippen LogP contribution < -0.4 is 10.6 Å². The minimum atomic E-state index is -0.233. The van der Waals surface area contributed by atoms with Crippen molar-refractivity contribution in [2.24, 2.45) is 0 Å². The number of anilines is 1. The van der Waals surface area contributed by atoms with Crippen LogP contribution in [0.15, 0.2) is 30.3 Å². The van der Waals surface area contributed by atoms with E-state index in [0.717, 1.165) is 5.69 Å². The van der Waals surface area contributed by atoms with E-state index >= 15 is 0 Å². The fourth-order valence-corrected chi connectivity index (χ4v) is 2.15. The van der Waals surface area contributed by atoms with Crippen molar-refractivity contribution in [2.75, 3.05) is 25.6 Å². The number of ether oxygens (including phenoxy) is 1. The Morgan fingerprint density at radius 1 is 1.41 bits per heavy atom. The Labute approximate surface area is 134 Å². The first kappa shape index (κ1) is 16.4. The molecule has 0 amide bonds. The smallest absolute Gasteiger partial charge is 0.172 e. The minimum Gasteiger partial charge on any atom is -0.383 e. The molecule has 0 saturated heterocycles. The number of thiocarbonyl (C=S) groups is 1. The van der Waals surface area contributed by atoms with Crippen LogP contribution in [0.1, 0.15) is 11.3 Å². The number of hydrogen-bond donors (Lipinski definition) is 2. The molecule has 22 heavy (non-hydrogen) atoms. The van der Waals surface area contributed by atoms with Gasteiger partial charge >= 0.3 is 0 Å². The van der Waals surface area contributed by atoms with Gasteiger partial charge in [0.2, 0.25) is 0 Å². The number of rotatable bonds is 6. The Morgan fingerprint density at radius 3 is 2.91 bits per heavy atom. The van der Waals surface area contributed by atoms with E-state index in [0.29, 0.717) is 36.2 Å². The summed E-state index contributed by atoms with van der Waals surface area (Å²) in [6.07, 6.45) is 0. The van der Waals surface area contributed by atoms with Gasteiger partial charge in [0.05, 0.1) is 13.2 Å². The van der Waals surface area contributed by atoms with Gasteiger partial charge in [0, 0.05) is 31.0 Å². The highest BCUT2D eigenvalue weighted by molar-refractivity contribution is 7.80. The molecule has 0 aliphatic carbocycles. The molecule has 0 radical (unpaired) electrons. The summed E-state index contributed by atoms with van der Waals surface area (Å²) in [5.41, 5.74) is 1.52. The number of nitrogens with one attached hydrogen (secondary N) is 2. The van der Waals surface area contributed by atoms with Gasteiger partial charge in [0.15, 0.2) is 10.9 Å². The third-order valence-corrected chi connectivity index (χ3v) is 3.34. The maximum atomic E-state index is 13.7. The molecule has 0 aliphatic rings. The van der Waals surface area contributed by atoms with Crippen LogP contribution in [0.4, 0.5) is 10.2 Å². The number of nitrogens with zero attached hydrogens (tertiary/aromatic N) is 2. The highest BCUT2D eigenvalue weighted by Crippen LogP contribution is 2.13. The predicted octanol–water partition coefficient (Wildman–Crippen LogP) is 2.31. The van der Waals surface area contributed by atoms with Crippen LogP contribution in [-0.2, 0) is 11.3 Å². The van der Waals surface area contributed by atoms with E-state index in [1.165, 1.54) is 6.07 Å². The highest BCUT2D eigenvalue weighted by atomic mass is 32.1. The number of aromatic nitrogens is 2. The van der Waals surface area contributed by atoms with Gasteiger partial charge in [-0.05, 0) is 25.2 Å². The SMILES string of the molecule is COCCNC(=S)Nc1cc(C)n(Cc2ccccc2F)n1. The van der Waals surface area contributed by atoms with Crippen molar-refractivity contribution in [1.82, 2.24) is 15.1 Å². The van der Waals surface area contributed by atoms with E-state index in [2.05, 4.69) is 15.7 Å². The molecular weight excluding hydrogens is 303 g/mol. The molecule has 1 heterocycles. The van der Waals surface area contributed by atoms with Crippen molar-refractivity contribution in [3.8, 4) is 0 Å². The van der Waals surface area contributed by atoms with Gasteiger partial charge in [-0.15, -0.1) is 0 Å². The largest absolute Gasteiger partial charge is 0.383 e. The van der Waals surface area contributed by atoms with Crippen LogP contribution in [0.25, 0.3) is 0 Å². The van der Waals surface area contributed by atoms with Gasteiger partial charge in [-0.1, -0.05) is 18.2 Å². The standard InChI is InChI=1S/C15H19FN4OS/c1-11-9-14(18-15(22)17-7-8-21-2)19-20(11)10-12-5-3-4-6-13(12)16/h3-6,9H,7-8,10H2,1-2H3,(H2,17,18,19,22). The highest BCUT2D eigenvalue weighted by Gasteiger charge is 2.08. The average Bonchev–Trinajstić information content (AvgIpc) is 2.81. The molecule has 0 bridgehead atoms. The number of methoxy groups -OCH3 is 1. The molecule has 1 aromatic carbocycles. The zero-order valence-electron chi connectivity index (χ0n) is 12.6. The molecule has 0 unspecified atom stereocenters. The summed E-state index contributed by atoms with van der Waals surface area (Å²) >= 11 is 5.17. The molecule has 0 atom stereocenters. The van der Waals surface area contributed by atoms with E-state index in [1.54, 1.807) is 23.9 Å². The Bertz CT molecular complexity index is 644. The van der Waals surface area contributed by atoms with Crippen LogP contribution in [0.3, 0.4) is 0 Å². The molecular formula is C15H19FN4OS. The topological polar surface area (TPSA) is 51.1 Å². The quantitative estimate of drug-likeness (QED) is 0.631. The van der Waals surface area contributed by atoms with Gasteiger partial charge in [0.1, 0.15) is 5.82 Å². The van der Waals surface area contributed by atoms with Crippen molar-refractivity contribution in [3.63, 3.8) is 0 Å². The molecule has 2 rings (SSSR count). The number of hydrogen-bond acceptors (Lipinski definition) is 3. The summed E-state index contributed by atoms with van der Waals surface area (Å²) in [7, 11) is 1.63. The summed E-state index contributed by atoms with van der Waals surface area (Å²) in [4.78, 5) is 0.